The Bertz CT molecular complexity index is 411. The van der Waals surface area contributed by atoms with E-state index in [2.05, 4.69) is 21.9 Å². The summed E-state index contributed by atoms with van der Waals surface area (Å²) in [6.07, 6.45) is 2.57. The van der Waals surface area contributed by atoms with Crippen LogP contribution in [0.1, 0.15) is 26.0 Å². The quantitative estimate of drug-likeness (QED) is 0.622. The van der Waals surface area contributed by atoms with Crippen molar-refractivity contribution in [3.05, 3.63) is 18.0 Å². The van der Waals surface area contributed by atoms with E-state index in [1.165, 1.54) is 6.20 Å². The number of aromatic nitrogens is 1. The summed E-state index contributed by atoms with van der Waals surface area (Å²) in [6.45, 7) is 5.83. The first-order chi connectivity index (χ1) is 7.60. The zero-order valence-corrected chi connectivity index (χ0v) is 10.5. The van der Waals surface area contributed by atoms with E-state index in [1.54, 1.807) is 13.0 Å². The van der Waals surface area contributed by atoms with Gasteiger partial charge in [-0.3, -0.25) is 0 Å². The van der Waals surface area contributed by atoms with Gasteiger partial charge in [0.25, 0.3) is 0 Å². The fourth-order valence-electron chi connectivity index (χ4n) is 1.35. The van der Waals surface area contributed by atoms with Crippen molar-refractivity contribution >= 4 is 10.0 Å². The van der Waals surface area contributed by atoms with E-state index in [0.29, 0.717) is 18.0 Å². The molecule has 6 heteroatoms. The molecule has 1 aromatic rings. The van der Waals surface area contributed by atoms with Crippen molar-refractivity contribution in [1.29, 1.82) is 0 Å². The second-order valence-corrected chi connectivity index (χ2v) is 5.31. The molecule has 0 atom stereocenters. The van der Waals surface area contributed by atoms with E-state index in [1.807, 2.05) is 0 Å². The molecule has 0 aromatic carbocycles. The third kappa shape index (κ3) is 3.62. The van der Waals surface area contributed by atoms with Gasteiger partial charge in [0.2, 0.25) is 10.0 Å². The van der Waals surface area contributed by atoms with Gasteiger partial charge in [-0.1, -0.05) is 13.8 Å². The van der Waals surface area contributed by atoms with Gasteiger partial charge in [-0.05, 0) is 19.0 Å². The van der Waals surface area contributed by atoms with Crippen LogP contribution >= 0.6 is 0 Å². The molecule has 0 unspecified atom stereocenters. The van der Waals surface area contributed by atoms with Gasteiger partial charge in [0.15, 0.2) is 0 Å². The van der Waals surface area contributed by atoms with E-state index in [0.717, 1.165) is 18.7 Å². The largest absolute Gasteiger partial charge is 0.363 e. The van der Waals surface area contributed by atoms with Gasteiger partial charge in [0, 0.05) is 25.0 Å². The van der Waals surface area contributed by atoms with Crippen molar-refractivity contribution in [2.75, 3.05) is 13.1 Å². The molecule has 0 spiro atoms. The van der Waals surface area contributed by atoms with Crippen LogP contribution in [0.4, 0.5) is 0 Å². The standard InChI is InChI=1S/C10H19N3O2S/c1-3-5-11-7-9-6-10(8-12-9)16(14,15)13-4-2/h6,8,11-13H,3-5,7H2,1-2H3. The normalized spacial score (nSPS) is 11.9. The van der Waals surface area contributed by atoms with Gasteiger partial charge in [0.05, 0.1) is 4.90 Å². The number of H-pyrrole nitrogens is 1. The van der Waals surface area contributed by atoms with Crippen molar-refractivity contribution in [2.24, 2.45) is 0 Å². The first kappa shape index (κ1) is 13.2. The Labute approximate surface area is 96.7 Å². The number of nitrogens with one attached hydrogen (secondary N) is 3. The molecule has 1 rings (SSSR count). The van der Waals surface area contributed by atoms with Crippen LogP contribution < -0.4 is 10.0 Å². The first-order valence-electron chi connectivity index (χ1n) is 5.47. The third-order valence-corrected chi connectivity index (χ3v) is 3.63. The van der Waals surface area contributed by atoms with Gasteiger partial charge >= 0.3 is 0 Å². The molecule has 0 aliphatic heterocycles. The van der Waals surface area contributed by atoms with E-state index in [9.17, 15) is 8.42 Å². The molecule has 0 fully saturated rings. The Morgan fingerprint density at radius 1 is 1.38 bits per heavy atom. The van der Waals surface area contributed by atoms with Crippen LogP contribution in [-0.4, -0.2) is 26.5 Å². The highest BCUT2D eigenvalue weighted by Gasteiger charge is 2.14. The topological polar surface area (TPSA) is 74.0 Å². The zero-order valence-electron chi connectivity index (χ0n) is 9.71. The fourth-order valence-corrected chi connectivity index (χ4v) is 2.41. The first-order valence-corrected chi connectivity index (χ1v) is 6.96. The van der Waals surface area contributed by atoms with Crippen LogP contribution in [0, 0.1) is 0 Å². The van der Waals surface area contributed by atoms with E-state index >= 15 is 0 Å². The van der Waals surface area contributed by atoms with Crippen molar-refractivity contribution < 1.29 is 8.42 Å². The molecular formula is C10H19N3O2S. The molecule has 0 aliphatic carbocycles. The highest BCUT2D eigenvalue weighted by molar-refractivity contribution is 7.89. The van der Waals surface area contributed by atoms with Crippen LogP contribution in [-0.2, 0) is 16.6 Å². The van der Waals surface area contributed by atoms with E-state index in [-0.39, 0.29) is 0 Å². The summed E-state index contributed by atoms with van der Waals surface area (Å²) in [5, 5.41) is 3.20. The average molecular weight is 245 g/mol. The van der Waals surface area contributed by atoms with Crippen molar-refractivity contribution in [3.63, 3.8) is 0 Å². The predicted octanol–water partition coefficient (Wildman–Crippen LogP) is 0.812. The van der Waals surface area contributed by atoms with Gasteiger partial charge in [0.1, 0.15) is 0 Å². The van der Waals surface area contributed by atoms with Gasteiger partial charge in [-0.2, -0.15) is 0 Å². The third-order valence-electron chi connectivity index (χ3n) is 2.10. The molecule has 0 radical (unpaired) electrons. The Morgan fingerprint density at radius 3 is 2.75 bits per heavy atom. The summed E-state index contributed by atoms with van der Waals surface area (Å²) in [4.78, 5) is 3.24. The number of hydrogen-bond donors (Lipinski definition) is 3. The SMILES string of the molecule is CCCNCc1cc(S(=O)(=O)NCC)c[nH]1. The van der Waals surface area contributed by atoms with Crippen molar-refractivity contribution in [2.45, 2.75) is 31.7 Å². The average Bonchev–Trinajstić information content (AvgIpc) is 2.67. The molecule has 0 saturated heterocycles. The molecule has 5 nitrogen and oxygen atoms in total. The molecule has 0 saturated carbocycles. The second-order valence-electron chi connectivity index (χ2n) is 3.54. The molecular weight excluding hydrogens is 226 g/mol. The summed E-state index contributed by atoms with van der Waals surface area (Å²) in [6, 6.07) is 1.65. The van der Waals surface area contributed by atoms with Crippen molar-refractivity contribution in [1.82, 2.24) is 15.0 Å². The highest BCUT2D eigenvalue weighted by atomic mass is 32.2. The fraction of sp³-hybridized carbons (Fsp3) is 0.600. The Hall–Kier alpha value is -0.850. The van der Waals surface area contributed by atoms with E-state index < -0.39 is 10.0 Å². The zero-order chi connectivity index (χ0) is 12.0. The lowest BCUT2D eigenvalue weighted by Gasteiger charge is -2.00. The van der Waals surface area contributed by atoms with Crippen molar-refractivity contribution in [3.8, 4) is 0 Å². The van der Waals surface area contributed by atoms with Crippen LogP contribution in [0.5, 0.6) is 0 Å². The lowest BCUT2D eigenvalue weighted by Crippen LogP contribution is -2.22. The minimum absolute atomic E-state index is 0.294. The Balaban J connectivity index is 2.64. The maximum atomic E-state index is 11.6. The number of aromatic amines is 1. The predicted molar refractivity (Wildman–Crippen MR) is 63.7 cm³/mol. The maximum Gasteiger partial charge on any atom is 0.242 e. The summed E-state index contributed by atoms with van der Waals surface area (Å²) >= 11 is 0. The monoisotopic (exact) mass is 245 g/mol. The summed E-state index contributed by atoms with van der Waals surface area (Å²) in [5.74, 6) is 0. The number of rotatable bonds is 7. The Kier molecular flexibility index (Phi) is 4.98. The lowest BCUT2D eigenvalue weighted by molar-refractivity contribution is 0.584. The molecule has 3 N–H and O–H groups in total. The maximum absolute atomic E-state index is 11.6. The van der Waals surface area contributed by atoms with Crippen LogP contribution in [0.15, 0.2) is 17.2 Å². The summed E-state index contributed by atoms with van der Waals surface area (Å²) in [7, 11) is -3.33. The highest BCUT2D eigenvalue weighted by Crippen LogP contribution is 2.10. The van der Waals surface area contributed by atoms with Gasteiger partial charge < -0.3 is 10.3 Å². The smallest absolute Gasteiger partial charge is 0.242 e. The van der Waals surface area contributed by atoms with Gasteiger partial charge in [-0.15, -0.1) is 0 Å². The lowest BCUT2D eigenvalue weighted by atomic mass is 10.4. The van der Waals surface area contributed by atoms with Crippen LogP contribution in [0.25, 0.3) is 0 Å². The summed E-state index contributed by atoms with van der Waals surface area (Å²) < 4.78 is 25.7. The van der Waals surface area contributed by atoms with Gasteiger partial charge in [-0.25, -0.2) is 13.1 Å². The molecule has 0 aliphatic rings. The minimum Gasteiger partial charge on any atom is -0.363 e. The van der Waals surface area contributed by atoms with E-state index in [4.69, 9.17) is 0 Å². The van der Waals surface area contributed by atoms with Crippen LogP contribution in [0.2, 0.25) is 0 Å². The number of hydrogen-bond acceptors (Lipinski definition) is 3. The molecule has 1 aromatic heterocycles. The molecule has 0 amide bonds. The molecule has 1 heterocycles. The summed E-state index contributed by atoms with van der Waals surface area (Å²) in [5.41, 5.74) is 0.880. The number of sulfonamides is 1. The Morgan fingerprint density at radius 2 is 2.12 bits per heavy atom. The molecule has 16 heavy (non-hydrogen) atoms. The minimum atomic E-state index is -3.33. The molecule has 0 bridgehead atoms. The van der Waals surface area contributed by atoms with Crippen LogP contribution in [0.3, 0.4) is 0 Å². The molecule has 92 valence electrons. The second kappa shape index (κ2) is 6.03.